The average Bonchev–Trinajstić information content (AvgIpc) is 3.02. The van der Waals surface area contributed by atoms with Crippen molar-refractivity contribution >= 4 is 0 Å². The lowest BCUT2D eigenvalue weighted by molar-refractivity contribution is 0.390. The van der Waals surface area contributed by atoms with Gasteiger partial charge in [0.2, 0.25) is 0 Å². The highest BCUT2D eigenvalue weighted by molar-refractivity contribution is 5.41. The lowest BCUT2D eigenvalue weighted by Crippen LogP contribution is -2.13. The zero-order valence-corrected chi connectivity index (χ0v) is 13.3. The minimum atomic E-state index is 0.782. The van der Waals surface area contributed by atoms with Gasteiger partial charge in [-0.05, 0) is 42.0 Å². The Hall–Kier alpha value is -2.00. The highest BCUT2D eigenvalue weighted by Crippen LogP contribution is 2.25. The van der Waals surface area contributed by atoms with E-state index < -0.39 is 0 Å². The summed E-state index contributed by atoms with van der Waals surface area (Å²) in [6.45, 7) is 1.66. The van der Waals surface area contributed by atoms with Gasteiger partial charge in [-0.15, -0.1) is 0 Å². The van der Waals surface area contributed by atoms with Crippen LogP contribution in [0.2, 0.25) is 0 Å². The summed E-state index contributed by atoms with van der Waals surface area (Å²) < 4.78 is 10.7. The minimum absolute atomic E-state index is 0.782. The molecular formula is C19H23NO2. The number of fused-ring (bicyclic) bond motifs is 1. The van der Waals surface area contributed by atoms with Gasteiger partial charge >= 0.3 is 0 Å². The van der Waals surface area contributed by atoms with Gasteiger partial charge in [-0.3, -0.25) is 0 Å². The molecule has 0 bridgehead atoms. The zero-order valence-electron chi connectivity index (χ0n) is 13.3. The molecular weight excluding hydrogens is 274 g/mol. The van der Waals surface area contributed by atoms with E-state index in [1.165, 1.54) is 36.0 Å². The van der Waals surface area contributed by atoms with Crippen LogP contribution in [0.15, 0.2) is 36.4 Å². The number of benzene rings is 2. The topological polar surface area (TPSA) is 30.5 Å². The second-order valence-corrected chi connectivity index (χ2v) is 5.74. The van der Waals surface area contributed by atoms with Crippen LogP contribution in [0.5, 0.6) is 11.5 Å². The van der Waals surface area contributed by atoms with Crippen LogP contribution in [0.3, 0.4) is 0 Å². The molecule has 0 saturated carbocycles. The van der Waals surface area contributed by atoms with E-state index in [9.17, 15) is 0 Å². The van der Waals surface area contributed by atoms with Crippen LogP contribution in [0, 0.1) is 0 Å². The maximum absolute atomic E-state index is 5.43. The molecule has 0 saturated heterocycles. The molecule has 2 aromatic rings. The van der Waals surface area contributed by atoms with E-state index in [1.54, 1.807) is 14.2 Å². The Morgan fingerprint density at radius 2 is 1.77 bits per heavy atom. The van der Waals surface area contributed by atoms with Crippen LogP contribution >= 0.6 is 0 Å². The Kier molecular flexibility index (Phi) is 4.64. The molecule has 3 nitrogen and oxygen atoms in total. The van der Waals surface area contributed by atoms with Crippen molar-refractivity contribution in [3.8, 4) is 11.5 Å². The Balaban J connectivity index is 1.61. The standard InChI is InChI=1S/C19H23NO2/c1-21-18-9-8-17(19(11-18)22-2)13-20-12-14-6-7-15-4-3-5-16(15)10-14/h6-11,20H,3-5,12-13H2,1-2H3. The third-order valence-corrected chi connectivity index (χ3v) is 4.30. The maximum atomic E-state index is 5.43. The molecule has 0 radical (unpaired) electrons. The number of hydrogen-bond donors (Lipinski definition) is 1. The molecule has 0 spiro atoms. The van der Waals surface area contributed by atoms with Crippen molar-refractivity contribution in [3.05, 3.63) is 58.7 Å². The first-order valence-corrected chi connectivity index (χ1v) is 7.82. The first-order valence-electron chi connectivity index (χ1n) is 7.82. The summed E-state index contributed by atoms with van der Waals surface area (Å²) in [5.41, 5.74) is 5.56. The number of hydrogen-bond acceptors (Lipinski definition) is 3. The lowest BCUT2D eigenvalue weighted by atomic mass is 10.1. The van der Waals surface area contributed by atoms with Crippen LogP contribution in [-0.2, 0) is 25.9 Å². The molecule has 0 heterocycles. The van der Waals surface area contributed by atoms with Crippen molar-refractivity contribution in [3.63, 3.8) is 0 Å². The largest absolute Gasteiger partial charge is 0.497 e. The second-order valence-electron chi connectivity index (χ2n) is 5.74. The van der Waals surface area contributed by atoms with Gasteiger partial charge in [-0.25, -0.2) is 0 Å². The normalized spacial score (nSPS) is 13.0. The van der Waals surface area contributed by atoms with E-state index in [0.717, 1.165) is 30.2 Å². The van der Waals surface area contributed by atoms with Gasteiger partial charge in [0.1, 0.15) is 11.5 Å². The number of methoxy groups -OCH3 is 2. The molecule has 0 fully saturated rings. The van der Waals surface area contributed by atoms with Gasteiger partial charge in [0.15, 0.2) is 0 Å². The first kappa shape index (κ1) is 14.9. The minimum Gasteiger partial charge on any atom is -0.497 e. The fourth-order valence-corrected chi connectivity index (χ4v) is 3.07. The number of ether oxygens (including phenoxy) is 2. The van der Waals surface area contributed by atoms with Crippen molar-refractivity contribution in [2.24, 2.45) is 0 Å². The molecule has 2 aromatic carbocycles. The fraction of sp³-hybridized carbons (Fsp3) is 0.368. The molecule has 0 aliphatic heterocycles. The average molecular weight is 297 g/mol. The third kappa shape index (κ3) is 3.25. The monoisotopic (exact) mass is 297 g/mol. The summed E-state index contributed by atoms with van der Waals surface area (Å²) in [5.74, 6) is 1.68. The maximum Gasteiger partial charge on any atom is 0.127 e. The molecule has 0 unspecified atom stereocenters. The quantitative estimate of drug-likeness (QED) is 0.885. The van der Waals surface area contributed by atoms with Crippen LogP contribution < -0.4 is 14.8 Å². The summed E-state index contributed by atoms with van der Waals surface area (Å²) in [4.78, 5) is 0. The van der Waals surface area contributed by atoms with E-state index in [4.69, 9.17) is 9.47 Å². The van der Waals surface area contributed by atoms with Crippen LogP contribution in [-0.4, -0.2) is 14.2 Å². The number of nitrogens with one attached hydrogen (secondary N) is 1. The Morgan fingerprint density at radius 1 is 0.909 bits per heavy atom. The predicted molar refractivity (Wildman–Crippen MR) is 88.6 cm³/mol. The van der Waals surface area contributed by atoms with Crippen molar-refractivity contribution in [1.29, 1.82) is 0 Å². The first-order chi connectivity index (χ1) is 10.8. The summed E-state index contributed by atoms with van der Waals surface area (Å²) in [7, 11) is 3.36. The van der Waals surface area contributed by atoms with E-state index in [2.05, 4.69) is 23.5 Å². The van der Waals surface area contributed by atoms with E-state index in [1.807, 2.05) is 18.2 Å². The molecule has 1 aliphatic rings. The molecule has 0 atom stereocenters. The molecule has 3 heteroatoms. The van der Waals surface area contributed by atoms with Crippen LogP contribution in [0.4, 0.5) is 0 Å². The Bertz CT molecular complexity index is 652. The summed E-state index contributed by atoms with van der Waals surface area (Å²) in [5, 5.41) is 3.50. The Labute approximate surface area is 132 Å². The van der Waals surface area contributed by atoms with Crippen LogP contribution in [0.25, 0.3) is 0 Å². The lowest BCUT2D eigenvalue weighted by Gasteiger charge is -2.12. The molecule has 1 N–H and O–H groups in total. The van der Waals surface area contributed by atoms with Gasteiger partial charge in [-0.2, -0.15) is 0 Å². The van der Waals surface area contributed by atoms with Crippen molar-refractivity contribution < 1.29 is 9.47 Å². The van der Waals surface area contributed by atoms with Gasteiger partial charge in [-0.1, -0.05) is 24.3 Å². The van der Waals surface area contributed by atoms with Gasteiger partial charge in [0, 0.05) is 24.7 Å². The highest BCUT2D eigenvalue weighted by Gasteiger charge is 2.10. The van der Waals surface area contributed by atoms with Crippen molar-refractivity contribution in [2.45, 2.75) is 32.4 Å². The molecule has 0 amide bonds. The Morgan fingerprint density at radius 3 is 2.59 bits per heavy atom. The smallest absolute Gasteiger partial charge is 0.127 e. The molecule has 1 aliphatic carbocycles. The SMILES string of the molecule is COc1ccc(CNCc2ccc3c(c2)CCC3)c(OC)c1. The number of rotatable bonds is 6. The molecule has 22 heavy (non-hydrogen) atoms. The number of aryl methyl sites for hydroxylation is 2. The molecule has 3 rings (SSSR count). The summed E-state index contributed by atoms with van der Waals surface area (Å²) in [6, 6.07) is 12.8. The van der Waals surface area contributed by atoms with E-state index in [0.29, 0.717) is 0 Å². The van der Waals surface area contributed by atoms with Gasteiger partial charge in [0.25, 0.3) is 0 Å². The van der Waals surface area contributed by atoms with Crippen LogP contribution in [0.1, 0.15) is 28.7 Å². The molecule has 116 valence electrons. The van der Waals surface area contributed by atoms with E-state index >= 15 is 0 Å². The third-order valence-electron chi connectivity index (χ3n) is 4.30. The fourth-order valence-electron chi connectivity index (χ4n) is 3.07. The summed E-state index contributed by atoms with van der Waals surface area (Å²) in [6.07, 6.45) is 3.77. The van der Waals surface area contributed by atoms with Crippen molar-refractivity contribution in [2.75, 3.05) is 14.2 Å². The van der Waals surface area contributed by atoms with E-state index in [-0.39, 0.29) is 0 Å². The zero-order chi connectivity index (χ0) is 15.4. The van der Waals surface area contributed by atoms with Gasteiger partial charge in [0.05, 0.1) is 14.2 Å². The van der Waals surface area contributed by atoms with Gasteiger partial charge < -0.3 is 14.8 Å². The summed E-state index contributed by atoms with van der Waals surface area (Å²) >= 11 is 0. The van der Waals surface area contributed by atoms with Crippen molar-refractivity contribution in [1.82, 2.24) is 5.32 Å². The predicted octanol–water partition coefficient (Wildman–Crippen LogP) is 3.48. The second kappa shape index (κ2) is 6.84. The molecule has 0 aromatic heterocycles. The highest BCUT2D eigenvalue weighted by atomic mass is 16.5.